The van der Waals surface area contributed by atoms with Gasteiger partial charge in [-0.3, -0.25) is 0 Å². The van der Waals surface area contributed by atoms with Gasteiger partial charge < -0.3 is 9.84 Å². The SMILES string of the molecule is Cc1cc(C(=Nc2ccccc2)NN)c(C)o1. The third-order valence-corrected chi connectivity index (χ3v) is 2.43. The number of nitrogens with one attached hydrogen (secondary N) is 1. The Balaban J connectivity index is 2.40. The number of rotatable bonds is 2. The van der Waals surface area contributed by atoms with E-state index in [1.54, 1.807) is 0 Å². The van der Waals surface area contributed by atoms with Crippen LogP contribution >= 0.6 is 0 Å². The number of hydrogen-bond donors (Lipinski definition) is 2. The minimum atomic E-state index is 0.602. The molecule has 2 aromatic rings. The van der Waals surface area contributed by atoms with E-state index in [1.165, 1.54) is 0 Å². The fraction of sp³-hybridized carbons (Fsp3) is 0.154. The average Bonchev–Trinajstić information content (AvgIpc) is 2.67. The highest BCUT2D eigenvalue weighted by Crippen LogP contribution is 2.17. The highest BCUT2D eigenvalue weighted by molar-refractivity contribution is 6.00. The first kappa shape index (κ1) is 11.4. The van der Waals surface area contributed by atoms with Crippen LogP contribution in [0.5, 0.6) is 0 Å². The van der Waals surface area contributed by atoms with Crippen LogP contribution in [0.2, 0.25) is 0 Å². The molecule has 0 amide bonds. The molecule has 88 valence electrons. The van der Waals surface area contributed by atoms with Gasteiger partial charge in [0.1, 0.15) is 11.5 Å². The van der Waals surface area contributed by atoms with E-state index in [9.17, 15) is 0 Å². The second kappa shape index (κ2) is 4.84. The minimum absolute atomic E-state index is 0.602. The Kier molecular flexibility index (Phi) is 3.25. The van der Waals surface area contributed by atoms with Crippen LogP contribution in [0.4, 0.5) is 5.69 Å². The van der Waals surface area contributed by atoms with Gasteiger partial charge in [-0.15, -0.1) is 0 Å². The lowest BCUT2D eigenvalue weighted by atomic mass is 10.2. The zero-order valence-corrected chi connectivity index (χ0v) is 9.90. The van der Waals surface area contributed by atoms with E-state index in [4.69, 9.17) is 10.3 Å². The predicted octanol–water partition coefficient (Wildman–Crippen LogP) is 2.44. The van der Waals surface area contributed by atoms with Crippen molar-refractivity contribution in [3.8, 4) is 0 Å². The second-order valence-corrected chi connectivity index (χ2v) is 3.77. The Labute approximate surface area is 100 Å². The molecule has 0 radical (unpaired) electrons. The fourth-order valence-corrected chi connectivity index (χ4v) is 1.67. The topological polar surface area (TPSA) is 63.5 Å². The number of nitrogens with two attached hydrogens (primary N) is 1. The largest absolute Gasteiger partial charge is 0.466 e. The number of hydrazine groups is 1. The summed E-state index contributed by atoms with van der Waals surface area (Å²) in [6.07, 6.45) is 0. The highest BCUT2D eigenvalue weighted by Gasteiger charge is 2.10. The minimum Gasteiger partial charge on any atom is -0.466 e. The third-order valence-electron chi connectivity index (χ3n) is 2.43. The van der Waals surface area contributed by atoms with Gasteiger partial charge in [0, 0.05) is 0 Å². The summed E-state index contributed by atoms with van der Waals surface area (Å²) in [5, 5.41) is 0. The molecule has 1 aromatic carbocycles. The lowest BCUT2D eigenvalue weighted by Gasteiger charge is -2.03. The maximum absolute atomic E-state index is 5.51. The summed E-state index contributed by atoms with van der Waals surface area (Å²) in [7, 11) is 0. The molecule has 0 unspecified atom stereocenters. The first-order valence-corrected chi connectivity index (χ1v) is 5.38. The molecule has 0 fully saturated rings. The number of amidine groups is 1. The quantitative estimate of drug-likeness (QED) is 0.360. The van der Waals surface area contributed by atoms with E-state index >= 15 is 0 Å². The Hall–Kier alpha value is -2.07. The molecule has 2 rings (SSSR count). The molecule has 0 aliphatic heterocycles. The Bertz CT molecular complexity index is 529. The number of benzene rings is 1. The summed E-state index contributed by atoms with van der Waals surface area (Å²) in [6.45, 7) is 3.79. The number of para-hydroxylation sites is 1. The van der Waals surface area contributed by atoms with E-state index in [0.717, 1.165) is 22.8 Å². The summed E-state index contributed by atoms with van der Waals surface area (Å²) >= 11 is 0. The van der Waals surface area contributed by atoms with Crippen molar-refractivity contribution in [3.63, 3.8) is 0 Å². The van der Waals surface area contributed by atoms with Crippen LogP contribution in [-0.4, -0.2) is 5.84 Å². The molecule has 17 heavy (non-hydrogen) atoms. The summed E-state index contributed by atoms with van der Waals surface area (Å²) < 4.78 is 5.46. The van der Waals surface area contributed by atoms with Crippen LogP contribution in [0.1, 0.15) is 17.1 Å². The van der Waals surface area contributed by atoms with Crippen LogP contribution in [0, 0.1) is 13.8 Å². The Morgan fingerprint density at radius 3 is 2.47 bits per heavy atom. The van der Waals surface area contributed by atoms with E-state index in [0.29, 0.717) is 5.84 Å². The van der Waals surface area contributed by atoms with E-state index in [1.807, 2.05) is 50.2 Å². The third kappa shape index (κ3) is 2.54. The van der Waals surface area contributed by atoms with Crippen molar-refractivity contribution in [2.24, 2.45) is 10.8 Å². The number of hydrogen-bond acceptors (Lipinski definition) is 3. The van der Waals surface area contributed by atoms with Gasteiger partial charge in [-0.2, -0.15) is 0 Å². The standard InChI is InChI=1S/C13H15N3O/c1-9-8-12(10(2)17-9)13(16-14)15-11-6-4-3-5-7-11/h3-8H,14H2,1-2H3,(H,15,16). The second-order valence-electron chi connectivity index (χ2n) is 3.77. The van der Waals surface area contributed by atoms with Crippen molar-refractivity contribution >= 4 is 11.5 Å². The summed E-state index contributed by atoms with van der Waals surface area (Å²) in [5.41, 5.74) is 4.34. The fourth-order valence-electron chi connectivity index (χ4n) is 1.67. The van der Waals surface area contributed by atoms with E-state index < -0.39 is 0 Å². The molecule has 0 aliphatic carbocycles. The van der Waals surface area contributed by atoms with E-state index in [-0.39, 0.29) is 0 Å². The van der Waals surface area contributed by atoms with Crippen molar-refractivity contribution in [1.29, 1.82) is 0 Å². The van der Waals surface area contributed by atoms with Crippen LogP contribution < -0.4 is 11.3 Å². The number of nitrogens with zero attached hydrogens (tertiary/aromatic N) is 1. The maximum Gasteiger partial charge on any atom is 0.151 e. The molecule has 0 spiro atoms. The van der Waals surface area contributed by atoms with Crippen LogP contribution in [0.25, 0.3) is 0 Å². The number of furan rings is 1. The molecule has 0 saturated carbocycles. The molecule has 1 aromatic heterocycles. The Morgan fingerprint density at radius 2 is 1.94 bits per heavy atom. The number of aryl methyl sites for hydroxylation is 2. The van der Waals surface area contributed by atoms with Gasteiger partial charge in [-0.25, -0.2) is 10.8 Å². The lowest BCUT2D eigenvalue weighted by molar-refractivity contribution is 0.504. The zero-order chi connectivity index (χ0) is 12.3. The smallest absolute Gasteiger partial charge is 0.151 e. The van der Waals surface area contributed by atoms with Gasteiger partial charge >= 0.3 is 0 Å². The molecule has 0 atom stereocenters. The molecule has 0 saturated heterocycles. The first-order valence-electron chi connectivity index (χ1n) is 5.38. The molecule has 1 heterocycles. The molecule has 4 nitrogen and oxygen atoms in total. The van der Waals surface area contributed by atoms with Gasteiger partial charge in [0.2, 0.25) is 0 Å². The van der Waals surface area contributed by atoms with Gasteiger partial charge in [0.15, 0.2) is 5.84 Å². The summed E-state index contributed by atoms with van der Waals surface area (Å²) in [6, 6.07) is 11.6. The molecule has 3 N–H and O–H groups in total. The van der Waals surface area contributed by atoms with Crippen LogP contribution in [0.15, 0.2) is 45.8 Å². The van der Waals surface area contributed by atoms with Gasteiger partial charge in [0.25, 0.3) is 0 Å². The Morgan fingerprint density at radius 1 is 1.24 bits per heavy atom. The zero-order valence-electron chi connectivity index (χ0n) is 9.90. The number of aliphatic imine (C=N–C) groups is 1. The average molecular weight is 229 g/mol. The molecular formula is C13H15N3O. The first-order chi connectivity index (χ1) is 8.20. The van der Waals surface area contributed by atoms with Gasteiger partial charge in [-0.1, -0.05) is 18.2 Å². The van der Waals surface area contributed by atoms with E-state index in [2.05, 4.69) is 10.4 Å². The molecule has 0 aliphatic rings. The van der Waals surface area contributed by atoms with Gasteiger partial charge in [-0.05, 0) is 32.0 Å². The summed E-state index contributed by atoms with van der Waals surface area (Å²) in [4.78, 5) is 4.44. The molecule has 0 bridgehead atoms. The van der Waals surface area contributed by atoms with Crippen molar-refractivity contribution in [2.75, 3.05) is 0 Å². The van der Waals surface area contributed by atoms with Crippen LogP contribution in [0.3, 0.4) is 0 Å². The molecule has 4 heteroatoms. The highest BCUT2D eigenvalue weighted by atomic mass is 16.3. The van der Waals surface area contributed by atoms with Crippen LogP contribution in [-0.2, 0) is 0 Å². The normalized spacial score (nSPS) is 11.6. The predicted molar refractivity (Wildman–Crippen MR) is 68.1 cm³/mol. The monoisotopic (exact) mass is 229 g/mol. The van der Waals surface area contributed by atoms with Crippen molar-refractivity contribution in [2.45, 2.75) is 13.8 Å². The lowest BCUT2D eigenvalue weighted by Crippen LogP contribution is -2.31. The van der Waals surface area contributed by atoms with Crippen molar-refractivity contribution in [3.05, 3.63) is 53.5 Å². The van der Waals surface area contributed by atoms with Crippen molar-refractivity contribution in [1.82, 2.24) is 5.43 Å². The van der Waals surface area contributed by atoms with Crippen molar-refractivity contribution < 1.29 is 4.42 Å². The van der Waals surface area contributed by atoms with Gasteiger partial charge in [0.05, 0.1) is 11.3 Å². The summed E-state index contributed by atoms with van der Waals surface area (Å²) in [5.74, 6) is 7.75. The maximum atomic E-state index is 5.51. The molecular weight excluding hydrogens is 214 g/mol.